The number of nitrogens with zero attached hydrogens (tertiary/aromatic N) is 1. The minimum Gasteiger partial charge on any atom is -0.353 e. The summed E-state index contributed by atoms with van der Waals surface area (Å²) < 4.78 is 0.276. The molecular weight excluding hydrogens is 246 g/mol. The molecule has 1 heterocycles. The number of hydrogen-bond acceptors (Lipinski definition) is 4. The third kappa shape index (κ3) is 4.14. The van der Waals surface area contributed by atoms with Crippen molar-refractivity contribution in [3.8, 4) is 0 Å². The Hall–Kier alpha value is -0.260. The molecule has 1 atom stereocenters. The number of carbonyl (C=O) groups is 1. The molecule has 0 aromatic carbocycles. The fourth-order valence-corrected chi connectivity index (χ4v) is 3.59. The van der Waals surface area contributed by atoms with Crippen LogP contribution in [0.1, 0.15) is 33.1 Å². The predicted molar refractivity (Wildman–Crippen MR) is 76.7 cm³/mol. The van der Waals surface area contributed by atoms with Gasteiger partial charge in [-0.05, 0) is 26.7 Å². The molecule has 1 amide bonds. The van der Waals surface area contributed by atoms with Gasteiger partial charge in [-0.3, -0.25) is 9.69 Å². The molecule has 2 fully saturated rings. The Morgan fingerprint density at radius 2 is 2.28 bits per heavy atom. The van der Waals surface area contributed by atoms with Crippen LogP contribution in [0.25, 0.3) is 0 Å². The Bertz CT molecular complexity index is 305. The molecule has 2 aliphatic rings. The molecule has 0 spiro atoms. The van der Waals surface area contributed by atoms with Crippen molar-refractivity contribution in [1.82, 2.24) is 10.2 Å². The van der Waals surface area contributed by atoms with E-state index in [4.69, 9.17) is 5.73 Å². The standard InChI is InChI=1S/C13H25N3OS/c1-13(2)9-16(5-6-18-13)11(8-14)7-12(17)15-10-3-4-10/h10-11H,3-9,14H2,1-2H3,(H,15,17). The van der Waals surface area contributed by atoms with Gasteiger partial charge in [-0.15, -0.1) is 0 Å². The van der Waals surface area contributed by atoms with Crippen LogP contribution in [0.3, 0.4) is 0 Å². The van der Waals surface area contributed by atoms with Gasteiger partial charge >= 0.3 is 0 Å². The van der Waals surface area contributed by atoms with E-state index >= 15 is 0 Å². The maximum Gasteiger partial charge on any atom is 0.221 e. The average molecular weight is 271 g/mol. The average Bonchev–Trinajstić information content (AvgIpc) is 3.08. The molecule has 104 valence electrons. The van der Waals surface area contributed by atoms with E-state index in [1.165, 1.54) is 0 Å². The lowest BCUT2D eigenvalue weighted by Crippen LogP contribution is -2.52. The largest absolute Gasteiger partial charge is 0.353 e. The van der Waals surface area contributed by atoms with Gasteiger partial charge < -0.3 is 11.1 Å². The zero-order valence-electron chi connectivity index (χ0n) is 11.4. The summed E-state index contributed by atoms with van der Waals surface area (Å²) in [7, 11) is 0. The van der Waals surface area contributed by atoms with Crippen molar-refractivity contribution in [3.05, 3.63) is 0 Å². The second kappa shape index (κ2) is 5.80. The van der Waals surface area contributed by atoms with Crippen LogP contribution >= 0.6 is 11.8 Å². The highest BCUT2D eigenvalue weighted by molar-refractivity contribution is 8.00. The molecule has 1 aliphatic carbocycles. The Kier molecular flexibility index (Phi) is 4.56. The lowest BCUT2D eigenvalue weighted by molar-refractivity contribution is -0.122. The lowest BCUT2D eigenvalue weighted by Gasteiger charge is -2.41. The fraction of sp³-hybridized carbons (Fsp3) is 0.923. The number of amides is 1. The van der Waals surface area contributed by atoms with E-state index in [2.05, 4.69) is 24.1 Å². The molecule has 0 aromatic rings. The van der Waals surface area contributed by atoms with Crippen LogP contribution < -0.4 is 11.1 Å². The van der Waals surface area contributed by atoms with Gasteiger partial charge in [0.05, 0.1) is 0 Å². The SMILES string of the molecule is CC1(C)CN(C(CN)CC(=O)NC2CC2)CCS1. The first-order valence-electron chi connectivity index (χ1n) is 6.87. The first-order chi connectivity index (χ1) is 8.50. The van der Waals surface area contributed by atoms with E-state index in [0.29, 0.717) is 19.0 Å². The van der Waals surface area contributed by atoms with E-state index in [1.54, 1.807) is 0 Å². The summed E-state index contributed by atoms with van der Waals surface area (Å²) in [4.78, 5) is 14.3. The van der Waals surface area contributed by atoms with Crippen LogP contribution in [0, 0.1) is 0 Å². The fourth-order valence-electron chi connectivity index (χ4n) is 2.45. The number of nitrogens with one attached hydrogen (secondary N) is 1. The third-order valence-electron chi connectivity index (χ3n) is 3.61. The van der Waals surface area contributed by atoms with Crippen molar-refractivity contribution in [2.75, 3.05) is 25.4 Å². The number of hydrogen-bond donors (Lipinski definition) is 2. The third-order valence-corrected chi connectivity index (χ3v) is 4.90. The number of thioether (sulfide) groups is 1. The quantitative estimate of drug-likeness (QED) is 0.777. The summed E-state index contributed by atoms with van der Waals surface area (Å²) in [6.07, 6.45) is 2.84. The van der Waals surface area contributed by atoms with E-state index in [9.17, 15) is 4.79 Å². The molecule has 1 saturated carbocycles. The van der Waals surface area contributed by atoms with Crippen LogP contribution in [0.5, 0.6) is 0 Å². The van der Waals surface area contributed by atoms with Gasteiger partial charge in [0.25, 0.3) is 0 Å². The van der Waals surface area contributed by atoms with Gasteiger partial charge in [0.15, 0.2) is 0 Å². The minimum atomic E-state index is 0.170. The molecule has 3 N–H and O–H groups in total. The molecule has 1 saturated heterocycles. The Morgan fingerprint density at radius 3 is 2.83 bits per heavy atom. The topological polar surface area (TPSA) is 58.4 Å². The zero-order chi connectivity index (χ0) is 13.2. The van der Waals surface area contributed by atoms with Crippen molar-refractivity contribution >= 4 is 17.7 Å². The highest BCUT2D eigenvalue weighted by Gasteiger charge is 2.32. The Balaban J connectivity index is 1.84. The van der Waals surface area contributed by atoms with Crippen molar-refractivity contribution in [2.45, 2.75) is 49.9 Å². The molecule has 0 radical (unpaired) electrons. The number of rotatable bonds is 5. The molecule has 4 nitrogen and oxygen atoms in total. The van der Waals surface area contributed by atoms with E-state index < -0.39 is 0 Å². The second-order valence-electron chi connectivity index (χ2n) is 6.01. The first kappa shape index (κ1) is 14.2. The first-order valence-corrected chi connectivity index (χ1v) is 7.86. The van der Waals surface area contributed by atoms with Crippen LogP contribution in [0.15, 0.2) is 0 Å². The van der Waals surface area contributed by atoms with Gasteiger partial charge in [-0.2, -0.15) is 11.8 Å². The monoisotopic (exact) mass is 271 g/mol. The summed E-state index contributed by atoms with van der Waals surface area (Å²) in [5, 5.41) is 3.05. The van der Waals surface area contributed by atoms with Gasteiger partial charge in [0, 0.05) is 48.6 Å². The molecular formula is C13H25N3OS. The van der Waals surface area contributed by atoms with Gasteiger partial charge in [0.1, 0.15) is 0 Å². The molecule has 0 bridgehead atoms. The summed E-state index contributed by atoms with van der Waals surface area (Å²) in [5.74, 6) is 1.30. The second-order valence-corrected chi connectivity index (χ2v) is 7.82. The van der Waals surface area contributed by atoms with Crippen molar-refractivity contribution in [1.29, 1.82) is 0 Å². The number of nitrogens with two attached hydrogens (primary N) is 1. The molecule has 5 heteroatoms. The van der Waals surface area contributed by atoms with Gasteiger partial charge in [0.2, 0.25) is 5.91 Å². The minimum absolute atomic E-state index is 0.170. The number of carbonyl (C=O) groups excluding carboxylic acids is 1. The van der Waals surface area contributed by atoms with Crippen LogP contribution in [-0.4, -0.2) is 53.0 Å². The molecule has 0 aromatic heterocycles. The molecule has 18 heavy (non-hydrogen) atoms. The van der Waals surface area contributed by atoms with Crippen LogP contribution in [0.4, 0.5) is 0 Å². The van der Waals surface area contributed by atoms with E-state index in [0.717, 1.165) is 31.7 Å². The maximum atomic E-state index is 11.9. The summed E-state index contributed by atoms with van der Waals surface area (Å²) in [6.45, 7) is 7.17. The van der Waals surface area contributed by atoms with Gasteiger partial charge in [-0.25, -0.2) is 0 Å². The summed E-state index contributed by atoms with van der Waals surface area (Å²) in [6, 6.07) is 0.646. The molecule has 1 unspecified atom stereocenters. The smallest absolute Gasteiger partial charge is 0.221 e. The van der Waals surface area contributed by atoms with E-state index in [-0.39, 0.29) is 16.7 Å². The van der Waals surface area contributed by atoms with Crippen LogP contribution in [-0.2, 0) is 4.79 Å². The maximum absolute atomic E-state index is 11.9. The highest BCUT2D eigenvalue weighted by atomic mass is 32.2. The van der Waals surface area contributed by atoms with Gasteiger partial charge in [-0.1, -0.05) is 0 Å². The Labute approximate surface area is 114 Å². The highest BCUT2D eigenvalue weighted by Crippen LogP contribution is 2.30. The van der Waals surface area contributed by atoms with E-state index in [1.807, 2.05) is 11.8 Å². The lowest BCUT2D eigenvalue weighted by atomic mass is 10.1. The van der Waals surface area contributed by atoms with Crippen molar-refractivity contribution in [2.24, 2.45) is 5.73 Å². The van der Waals surface area contributed by atoms with Crippen molar-refractivity contribution in [3.63, 3.8) is 0 Å². The molecule has 1 aliphatic heterocycles. The molecule has 2 rings (SSSR count). The normalized spacial score (nSPS) is 25.7. The zero-order valence-corrected chi connectivity index (χ0v) is 12.3. The Morgan fingerprint density at radius 1 is 1.56 bits per heavy atom. The van der Waals surface area contributed by atoms with Crippen molar-refractivity contribution < 1.29 is 4.79 Å². The predicted octanol–water partition coefficient (Wildman–Crippen LogP) is 0.810. The summed E-state index contributed by atoms with van der Waals surface area (Å²) in [5.41, 5.74) is 5.86. The van der Waals surface area contributed by atoms with Crippen LogP contribution in [0.2, 0.25) is 0 Å². The summed E-state index contributed by atoms with van der Waals surface area (Å²) >= 11 is 2.01.